The van der Waals surface area contributed by atoms with Gasteiger partial charge in [-0.1, -0.05) is 0 Å². The molecule has 0 unspecified atom stereocenters. The average molecular weight is 367 g/mol. The number of nitrogens with zero attached hydrogens (tertiary/aromatic N) is 1. The Kier molecular flexibility index (Phi) is 4.18. The number of benzene rings is 1. The number of esters is 1. The molecule has 8 nitrogen and oxygen atoms in total. The summed E-state index contributed by atoms with van der Waals surface area (Å²) in [7, 11) is -4.90. The SMILES string of the molecule is COC(=O)c1cc2ccc(OS(=O)(=O)C(F)(F)F)cc2n1C(=O)O. The number of fused-ring (bicyclic) bond motifs is 1. The minimum absolute atomic E-state index is 0.148. The van der Waals surface area contributed by atoms with Crippen molar-refractivity contribution in [2.24, 2.45) is 0 Å². The van der Waals surface area contributed by atoms with Crippen LogP contribution in [-0.2, 0) is 14.9 Å². The number of rotatable bonds is 3. The van der Waals surface area contributed by atoms with E-state index in [0.717, 1.165) is 31.4 Å². The van der Waals surface area contributed by atoms with Crippen LogP contribution in [0.4, 0.5) is 18.0 Å². The van der Waals surface area contributed by atoms with Crippen molar-refractivity contribution in [3.05, 3.63) is 30.0 Å². The zero-order chi connectivity index (χ0) is 18.3. The van der Waals surface area contributed by atoms with E-state index in [9.17, 15) is 31.2 Å². The fourth-order valence-electron chi connectivity index (χ4n) is 1.87. The molecule has 12 heteroatoms. The molecule has 0 aliphatic carbocycles. The van der Waals surface area contributed by atoms with Crippen molar-refractivity contribution in [2.75, 3.05) is 7.11 Å². The maximum atomic E-state index is 12.3. The molecule has 130 valence electrons. The van der Waals surface area contributed by atoms with Gasteiger partial charge in [0.2, 0.25) is 0 Å². The zero-order valence-corrected chi connectivity index (χ0v) is 12.5. The van der Waals surface area contributed by atoms with Gasteiger partial charge in [-0.2, -0.15) is 21.6 Å². The quantitative estimate of drug-likeness (QED) is 0.503. The van der Waals surface area contributed by atoms with Gasteiger partial charge < -0.3 is 14.0 Å². The maximum Gasteiger partial charge on any atom is 0.534 e. The summed E-state index contributed by atoms with van der Waals surface area (Å²) in [5, 5.41) is 9.31. The molecule has 24 heavy (non-hydrogen) atoms. The highest BCUT2D eigenvalue weighted by atomic mass is 32.2. The van der Waals surface area contributed by atoms with Crippen LogP contribution in [0, 0.1) is 0 Å². The highest BCUT2D eigenvalue weighted by Crippen LogP contribution is 2.30. The summed E-state index contributed by atoms with van der Waals surface area (Å²) in [5.74, 6) is -1.77. The van der Waals surface area contributed by atoms with Crippen molar-refractivity contribution >= 4 is 33.1 Å². The van der Waals surface area contributed by atoms with Crippen LogP contribution in [0.2, 0.25) is 0 Å². The second-order valence-electron chi connectivity index (χ2n) is 4.34. The van der Waals surface area contributed by atoms with E-state index in [0.29, 0.717) is 4.57 Å². The lowest BCUT2D eigenvalue weighted by Crippen LogP contribution is -2.28. The highest BCUT2D eigenvalue weighted by molar-refractivity contribution is 7.88. The third kappa shape index (κ3) is 2.99. The predicted octanol–water partition coefficient (Wildman–Crippen LogP) is 2.18. The largest absolute Gasteiger partial charge is 0.534 e. The van der Waals surface area contributed by atoms with Gasteiger partial charge in [0.05, 0.1) is 12.6 Å². The molecule has 0 saturated heterocycles. The molecule has 0 atom stereocenters. The summed E-state index contributed by atoms with van der Waals surface area (Å²) in [6.07, 6.45) is -1.62. The van der Waals surface area contributed by atoms with Gasteiger partial charge in [0.1, 0.15) is 11.4 Å². The average Bonchev–Trinajstić information content (AvgIpc) is 2.83. The van der Waals surface area contributed by atoms with Gasteiger partial charge in [-0.3, -0.25) is 0 Å². The number of ether oxygens (including phenoxy) is 1. The van der Waals surface area contributed by atoms with Crippen LogP contribution in [-0.4, -0.2) is 42.8 Å². The lowest BCUT2D eigenvalue weighted by Gasteiger charge is -2.09. The molecular formula is C12H8F3NO7S. The lowest BCUT2D eigenvalue weighted by molar-refractivity contribution is -0.0500. The minimum Gasteiger partial charge on any atom is -0.464 e. The Balaban J connectivity index is 2.61. The van der Waals surface area contributed by atoms with Crippen LogP contribution in [0.1, 0.15) is 10.5 Å². The summed E-state index contributed by atoms with van der Waals surface area (Å²) < 4.78 is 67.7. The smallest absolute Gasteiger partial charge is 0.464 e. The molecule has 0 spiro atoms. The molecule has 0 fully saturated rings. The van der Waals surface area contributed by atoms with Crippen LogP contribution in [0.3, 0.4) is 0 Å². The fraction of sp³-hybridized carbons (Fsp3) is 0.167. The van der Waals surface area contributed by atoms with E-state index in [4.69, 9.17) is 5.11 Å². The predicted molar refractivity (Wildman–Crippen MR) is 72.3 cm³/mol. The molecule has 0 amide bonds. The molecule has 0 bridgehead atoms. The minimum atomic E-state index is -5.92. The van der Waals surface area contributed by atoms with Crippen molar-refractivity contribution in [1.29, 1.82) is 0 Å². The molecule has 1 aromatic heterocycles. The first-order chi connectivity index (χ1) is 11.0. The van der Waals surface area contributed by atoms with Crippen molar-refractivity contribution in [3.8, 4) is 5.75 Å². The molecule has 0 aliphatic rings. The van der Waals surface area contributed by atoms with Crippen molar-refractivity contribution in [2.45, 2.75) is 5.51 Å². The second kappa shape index (κ2) is 5.70. The van der Waals surface area contributed by atoms with Gasteiger partial charge in [-0.05, 0) is 18.2 Å². The Morgan fingerprint density at radius 2 is 1.83 bits per heavy atom. The molecule has 0 radical (unpaired) electrons. The third-order valence-corrected chi connectivity index (χ3v) is 3.83. The van der Waals surface area contributed by atoms with Crippen LogP contribution < -0.4 is 4.18 Å². The van der Waals surface area contributed by atoms with Gasteiger partial charge in [-0.15, -0.1) is 0 Å². The number of alkyl halides is 3. The lowest BCUT2D eigenvalue weighted by atomic mass is 10.2. The molecular weight excluding hydrogens is 359 g/mol. The Bertz CT molecular complexity index is 930. The number of carbonyl (C=O) groups excluding carboxylic acids is 1. The van der Waals surface area contributed by atoms with E-state index in [2.05, 4.69) is 8.92 Å². The normalized spacial score (nSPS) is 12.2. The molecule has 0 saturated carbocycles. The van der Waals surface area contributed by atoms with Crippen molar-refractivity contribution in [1.82, 2.24) is 4.57 Å². The number of carboxylic acid groups (broad SMARTS) is 1. The maximum absolute atomic E-state index is 12.3. The molecule has 2 rings (SSSR count). The van der Waals surface area contributed by atoms with Gasteiger partial charge in [0.25, 0.3) is 0 Å². The van der Waals surface area contributed by atoms with Crippen LogP contribution in [0.5, 0.6) is 5.75 Å². The molecule has 1 aromatic carbocycles. The first kappa shape index (κ1) is 17.6. The number of aromatic nitrogens is 1. The summed E-state index contributed by atoms with van der Waals surface area (Å²) in [5.41, 5.74) is -6.30. The fourth-order valence-corrected chi connectivity index (χ4v) is 2.32. The van der Waals surface area contributed by atoms with Gasteiger partial charge in [0, 0.05) is 11.5 Å². The first-order valence-corrected chi connectivity index (χ1v) is 7.36. The van der Waals surface area contributed by atoms with Crippen molar-refractivity contribution in [3.63, 3.8) is 0 Å². The van der Waals surface area contributed by atoms with E-state index in [1.807, 2.05) is 0 Å². The van der Waals surface area contributed by atoms with Crippen LogP contribution >= 0.6 is 0 Å². The van der Waals surface area contributed by atoms with E-state index in [1.54, 1.807) is 0 Å². The summed E-state index contributed by atoms with van der Waals surface area (Å²) in [6, 6.07) is 3.86. The van der Waals surface area contributed by atoms with Crippen LogP contribution in [0.15, 0.2) is 24.3 Å². The Morgan fingerprint density at radius 1 is 1.21 bits per heavy atom. The topological polar surface area (TPSA) is 112 Å². The Labute approximate surface area is 132 Å². The Hall–Kier alpha value is -2.76. The van der Waals surface area contributed by atoms with Crippen LogP contribution in [0.25, 0.3) is 10.9 Å². The molecule has 0 aliphatic heterocycles. The number of methoxy groups -OCH3 is 1. The zero-order valence-electron chi connectivity index (χ0n) is 11.7. The number of carbonyl (C=O) groups is 2. The molecule has 1 heterocycles. The number of hydrogen-bond acceptors (Lipinski definition) is 6. The summed E-state index contributed by atoms with van der Waals surface area (Å²) in [6.45, 7) is 0. The molecule has 1 N–H and O–H groups in total. The summed E-state index contributed by atoms with van der Waals surface area (Å²) in [4.78, 5) is 22.9. The third-order valence-electron chi connectivity index (χ3n) is 2.85. The second-order valence-corrected chi connectivity index (χ2v) is 5.88. The van der Waals surface area contributed by atoms with E-state index in [-0.39, 0.29) is 10.9 Å². The number of halogens is 3. The highest BCUT2D eigenvalue weighted by Gasteiger charge is 2.48. The monoisotopic (exact) mass is 367 g/mol. The first-order valence-electron chi connectivity index (χ1n) is 5.96. The van der Waals surface area contributed by atoms with Gasteiger partial charge >= 0.3 is 27.7 Å². The van der Waals surface area contributed by atoms with Gasteiger partial charge in [0.15, 0.2) is 0 Å². The van der Waals surface area contributed by atoms with Crippen molar-refractivity contribution < 1.29 is 45.2 Å². The van der Waals surface area contributed by atoms with E-state index >= 15 is 0 Å². The summed E-state index contributed by atoms with van der Waals surface area (Å²) >= 11 is 0. The van der Waals surface area contributed by atoms with E-state index in [1.165, 1.54) is 0 Å². The standard InChI is InChI=1S/C12H8F3NO7S/c1-22-10(17)9-4-6-2-3-7(5-8(6)16(9)11(18)19)23-24(20,21)12(13,14)15/h2-5H,1H3,(H,18,19). The van der Waals surface area contributed by atoms with E-state index < -0.39 is 39.1 Å². The van der Waals surface area contributed by atoms with Gasteiger partial charge in [-0.25, -0.2) is 14.2 Å². The number of hydrogen-bond donors (Lipinski definition) is 1. The molecule has 2 aromatic rings. The Morgan fingerprint density at radius 3 is 2.33 bits per heavy atom.